The lowest BCUT2D eigenvalue weighted by Crippen LogP contribution is -2.07. The molecule has 0 saturated carbocycles. The smallest absolute Gasteiger partial charge is 0.356 e. The summed E-state index contributed by atoms with van der Waals surface area (Å²) in [6, 6.07) is 3.26. The van der Waals surface area contributed by atoms with Gasteiger partial charge >= 0.3 is 5.97 Å². The predicted octanol–water partition coefficient (Wildman–Crippen LogP) is 0.360. The van der Waals surface area contributed by atoms with Gasteiger partial charge in [-0.25, -0.2) is 19.4 Å². The second-order valence-corrected chi connectivity index (χ2v) is 2.52. The third-order valence-electron chi connectivity index (χ3n) is 1.65. The highest BCUT2D eigenvalue weighted by molar-refractivity contribution is 5.89. The van der Waals surface area contributed by atoms with E-state index in [0.29, 0.717) is 5.69 Å². The normalized spacial score (nSPS) is 10.0. The van der Waals surface area contributed by atoms with Gasteiger partial charge in [0.15, 0.2) is 5.69 Å². The van der Waals surface area contributed by atoms with Crippen LogP contribution < -0.4 is 0 Å². The standard InChI is InChI=1S/C8H6N4O2/c13-8(14)7-6(2-1-3-10-7)12-5-9-4-11-12/h1-5H,(H,13,14). The molecule has 14 heavy (non-hydrogen) atoms. The number of nitrogens with zero attached hydrogens (tertiary/aromatic N) is 4. The monoisotopic (exact) mass is 190 g/mol. The van der Waals surface area contributed by atoms with Crippen LogP contribution in [0.2, 0.25) is 0 Å². The van der Waals surface area contributed by atoms with Gasteiger partial charge in [-0.2, -0.15) is 5.10 Å². The van der Waals surface area contributed by atoms with Crippen LogP contribution in [0.25, 0.3) is 5.69 Å². The largest absolute Gasteiger partial charge is 0.476 e. The Bertz CT molecular complexity index is 452. The van der Waals surface area contributed by atoms with Crippen LogP contribution in [0.1, 0.15) is 10.5 Å². The molecule has 0 unspecified atom stereocenters. The van der Waals surface area contributed by atoms with E-state index in [1.54, 1.807) is 12.1 Å². The summed E-state index contributed by atoms with van der Waals surface area (Å²) >= 11 is 0. The minimum Gasteiger partial charge on any atom is -0.476 e. The highest BCUT2D eigenvalue weighted by Gasteiger charge is 2.12. The van der Waals surface area contributed by atoms with Crippen LogP contribution in [-0.4, -0.2) is 30.8 Å². The van der Waals surface area contributed by atoms with E-state index in [4.69, 9.17) is 5.11 Å². The molecule has 70 valence electrons. The zero-order valence-corrected chi connectivity index (χ0v) is 7.03. The highest BCUT2D eigenvalue weighted by Crippen LogP contribution is 2.09. The molecule has 2 heterocycles. The van der Waals surface area contributed by atoms with Gasteiger partial charge in [0, 0.05) is 6.20 Å². The number of hydrogen-bond acceptors (Lipinski definition) is 4. The third-order valence-corrected chi connectivity index (χ3v) is 1.65. The first kappa shape index (κ1) is 8.36. The molecule has 0 aromatic carbocycles. The van der Waals surface area contributed by atoms with Gasteiger partial charge in [0.25, 0.3) is 0 Å². The number of aromatic carboxylic acids is 1. The number of aromatic nitrogens is 4. The van der Waals surface area contributed by atoms with Gasteiger partial charge < -0.3 is 5.11 Å². The second-order valence-electron chi connectivity index (χ2n) is 2.52. The van der Waals surface area contributed by atoms with E-state index in [2.05, 4.69) is 15.1 Å². The molecule has 0 fully saturated rings. The van der Waals surface area contributed by atoms with Crippen molar-refractivity contribution in [2.75, 3.05) is 0 Å². The topological polar surface area (TPSA) is 80.9 Å². The van der Waals surface area contributed by atoms with Crippen molar-refractivity contribution in [3.05, 3.63) is 36.7 Å². The lowest BCUT2D eigenvalue weighted by atomic mass is 10.3. The van der Waals surface area contributed by atoms with Crippen molar-refractivity contribution in [3.8, 4) is 5.69 Å². The van der Waals surface area contributed by atoms with E-state index in [0.717, 1.165) is 0 Å². The first-order valence-electron chi connectivity index (χ1n) is 3.82. The summed E-state index contributed by atoms with van der Waals surface area (Å²) in [4.78, 5) is 18.3. The minimum atomic E-state index is -1.09. The van der Waals surface area contributed by atoms with Crippen LogP contribution in [0.4, 0.5) is 0 Å². The zero-order chi connectivity index (χ0) is 9.97. The van der Waals surface area contributed by atoms with Crippen molar-refractivity contribution >= 4 is 5.97 Å². The van der Waals surface area contributed by atoms with Crippen molar-refractivity contribution < 1.29 is 9.90 Å². The number of carbonyl (C=O) groups is 1. The Morgan fingerprint density at radius 1 is 1.50 bits per heavy atom. The number of rotatable bonds is 2. The van der Waals surface area contributed by atoms with Gasteiger partial charge in [-0.3, -0.25) is 0 Å². The van der Waals surface area contributed by atoms with E-state index in [1.165, 1.54) is 23.5 Å². The first-order valence-corrected chi connectivity index (χ1v) is 3.82. The van der Waals surface area contributed by atoms with Crippen molar-refractivity contribution in [2.45, 2.75) is 0 Å². The van der Waals surface area contributed by atoms with Gasteiger partial charge in [0.1, 0.15) is 12.7 Å². The lowest BCUT2D eigenvalue weighted by molar-refractivity contribution is 0.0690. The van der Waals surface area contributed by atoms with Crippen molar-refractivity contribution in [1.29, 1.82) is 0 Å². The Balaban J connectivity index is 2.58. The molecule has 0 spiro atoms. The molecule has 6 heteroatoms. The summed E-state index contributed by atoms with van der Waals surface area (Å²) in [5.41, 5.74) is 0.357. The number of hydrogen-bond donors (Lipinski definition) is 1. The van der Waals surface area contributed by atoms with E-state index in [-0.39, 0.29) is 5.69 Å². The van der Waals surface area contributed by atoms with Crippen LogP contribution in [0.5, 0.6) is 0 Å². The van der Waals surface area contributed by atoms with Gasteiger partial charge in [0.2, 0.25) is 0 Å². The van der Waals surface area contributed by atoms with Crippen molar-refractivity contribution in [1.82, 2.24) is 19.7 Å². The maximum Gasteiger partial charge on any atom is 0.356 e. The van der Waals surface area contributed by atoms with Gasteiger partial charge in [-0.1, -0.05) is 0 Å². The van der Waals surface area contributed by atoms with Crippen molar-refractivity contribution in [2.24, 2.45) is 0 Å². The molecule has 0 bridgehead atoms. The van der Waals surface area contributed by atoms with Crippen LogP contribution in [-0.2, 0) is 0 Å². The van der Waals surface area contributed by atoms with Gasteiger partial charge in [0.05, 0.1) is 5.69 Å². The molecule has 0 saturated heterocycles. The quantitative estimate of drug-likeness (QED) is 0.739. The van der Waals surface area contributed by atoms with E-state index < -0.39 is 5.97 Å². The average Bonchev–Trinajstić information content (AvgIpc) is 2.70. The maximum atomic E-state index is 10.8. The molecule has 0 atom stereocenters. The van der Waals surface area contributed by atoms with Crippen LogP contribution in [0.3, 0.4) is 0 Å². The SMILES string of the molecule is O=C(O)c1ncccc1-n1cncn1. The highest BCUT2D eigenvalue weighted by atomic mass is 16.4. The summed E-state index contributed by atoms with van der Waals surface area (Å²) in [5, 5.41) is 12.7. The first-order chi connectivity index (χ1) is 6.79. The molecule has 0 aliphatic rings. The molecule has 1 N–H and O–H groups in total. The second kappa shape index (κ2) is 3.25. The Labute approximate surface area is 78.9 Å². The Morgan fingerprint density at radius 2 is 2.36 bits per heavy atom. The molecule has 0 aliphatic heterocycles. The fourth-order valence-electron chi connectivity index (χ4n) is 1.08. The van der Waals surface area contributed by atoms with Gasteiger partial charge in [-0.05, 0) is 12.1 Å². The summed E-state index contributed by atoms with van der Waals surface area (Å²) in [6.07, 6.45) is 4.17. The van der Waals surface area contributed by atoms with E-state index in [1.807, 2.05) is 0 Å². The third kappa shape index (κ3) is 1.33. The average molecular weight is 190 g/mol. The van der Waals surface area contributed by atoms with Crippen LogP contribution >= 0.6 is 0 Å². The fraction of sp³-hybridized carbons (Fsp3) is 0. The van der Waals surface area contributed by atoms with Crippen LogP contribution in [0, 0.1) is 0 Å². The summed E-state index contributed by atoms with van der Waals surface area (Å²) in [5.74, 6) is -1.09. The van der Waals surface area contributed by atoms with E-state index >= 15 is 0 Å². The molecule has 2 aromatic heterocycles. The zero-order valence-electron chi connectivity index (χ0n) is 7.03. The lowest BCUT2D eigenvalue weighted by Gasteiger charge is -2.02. The van der Waals surface area contributed by atoms with Crippen molar-refractivity contribution in [3.63, 3.8) is 0 Å². The summed E-state index contributed by atoms with van der Waals surface area (Å²) in [7, 11) is 0. The molecule has 2 rings (SSSR count). The maximum absolute atomic E-state index is 10.8. The summed E-state index contributed by atoms with van der Waals surface area (Å²) < 4.78 is 1.36. The molecule has 0 amide bonds. The Morgan fingerprint density at radius 3 is 3.00 bits per heavy atom. The fourth-order valence-corrected chi connectivity index (χ4v) is 1.08. The Kier molecular flexibility index (Phi) is 1.94. The molecule has 0 aliphatic carbocycles. The summed E-state index contributed by atoms with van der Waals surface area (Å²) in [6.45, 7) is 0. The van der Waals surface area contributed by atoms with E-state index in [9.17, 15) is 4.79 Å². The number of carboxylic acid groups (broad SMARTS) is 1. The molecular formula is C8H6N4O2. The van der Waals surface area contributed by atoms with Gasteiger partial charge in [-0.15, -0.1) is 0 Å². The number of pyridine rings is 1. The Hall–Kier alpha value is -2.24. The number of carboxylic acids is 1. The predicted molar refractivity (Wildman–Crippen MR) is 46.1 cm³/mol. The molecule has 0 radical (unpaired) electrons. The molecular weight excluding hydrogens is 184 g/mol. The minimum absolute atomic E-state index is 0.0435. The molecule has 6 nitrogen and oxygen atoms in total. The van der Waals surface area contributed by atoms with Crippen LogP contribution in [0.15, 0.2) is 31.0 Å². The molecule has 2 aromatic rings.